The maximum Gasteiger partial charge on any atom is 0.409 e. The quantitative estimate of drug-likeness (QED) is 0.523. The van der Waals surface area contributed by atoms with Crippen molar-refractivity contribution >= 4 is 23.4 Å². The van der Waals surface area contributed by atoms with Gasteiger partial charge in [0.25, 0.3) is 5.91 Å². The second kappa shape index (κ2) is 9.59. The molecule has 0 aromatic heterocycles. The summed E-state index contributed by atoms with van der Waals surface area (Å²) in [4.78, 5) is 29.7. The van der Waals surface area contributed by atoms with E-state index in [1.165, 1.54) is 11.9 Å². The van der Waals surface area contributed by atoms with Gasteiger partial charge in [-0.15, -0.1) is 0 Å². The zero-order valence-electron chi connectivity index (χ0n) is 16.3. The number of carbonyl (C=O) groups is 2. The molecule has 3 rings (SSSR count). The summed E-state index contributed by atoms with van der Waals surface area (Å²) in [6.07, 6.45) is -0.365. The SMILES string of the molecule is CN=C(C(=O)NCCN1CCOC1=O)c1cc(OCc2ccccc2)ccc1N. The van der Waals surface area contributed by atoms with Crippen LogP contribution >= 0.6 is 0 Å². The maximum atomic E-state index is 12.6. The topological polar surface area (TPSA) is 106 Å². The lowest BCUT2D eigenvalue weighted by atomic mass is 10.1. The van der Waals surface area contributed by atoms with E-state index in [2.05, 4.69) is 10.3 Å². The number of benzene rings is 2. The molecule has 1 fully saturated rings. The van der Waals surface area contributed by atoms with Gasteiger partial charge in [0.05, 0.1) is 6.54 Å². The van der Waals surface area contributed by atoms with E-state index >= 15 is 0 Å². The van der Waals surface area contributed by atoms with Crippen molar-refractivity contribution in [1.82, 2.24) is 10.2 Å². The van der Waals surface area contributed by atoms with Crippen LogP contribution in [0.5, 0.6) is 5.75 Å². The van der Waals surface area contributed by atoms with Crippen molar-refractivity contribution < 1.29 is 19.1 Å². The third-order valence-electron chi connectivity index (χ3n) is 4.48. The highest BCUT2D eigenvalue weighted by Gasteiger charge is 2.22. The summed E-state index contributed by atoms with van der Waals surface area (Å²) in [6, 6.07) is 14.9. The number of hydrogen-bond donors (Lipinski definition) is 2. The number of aliphatic imine (C=N–C) groups is 1. The van der Waals surface area contributed by atoms with Crippen LogP contribution in [0.15, 0.2) is 53.5 Å². The summed E-state index contributed by atoms with van der Waals surface area (Å²) in [5, 5.41) is 2.77. The number of rotatable bonds is 8. The van der Waals surface area contributed by atoms with Crippen LogP contribution in [0.2, 0.25) is 0 Å². The number of ether oxygens (including phenoxy) is 2. The van der Waals surface area contributed by atoms with Crippen molar-refractivity contribution in [3.05, 3.63) is 59.7 Å². The van der Waals surface area contributed by atoms with E-state index in [1.807, 2.05) is 30.3 Å². The van der Waals surface area contributed by atoms with Crippen LogP contribution in [0.3, 0.4) is 0 Å². The lowest BCUT2D eigenvalue weighted by Crippen LogP contribution is -2.38. The van der Waals surface area contributed by atoms with Gasteiger partial charge < -0.3 is 25.4 Å². The number of nitrogens with zero attached hydrogens (tertiary/aromatic N) is 2. The van der Waals surface area contributed by atoms with Gasteiger partial charge in [-0.1, -0.05) is 30.3 Å². The number of anilines is 1. The molecule has 1 aliphatic heterocycles. The summed E-state index contributed by atoms with van der Waals surface area (Å²) in [6.45, 7) is 1.97. The molecule has 8 nitrogen and oxygen atoms in total. The third kappa shape index (κ3) is 5.25. The Labute approximate surface area is 169 Å². The fourth-order valence-electron chi connectivity index (χ4n) is 2.93. The molecule has 0 aliphatic carbocycles. The van der Waals surface area contributed by atoms with Crippen LogP contribution in [0.25, 0.3) is 0 Å². The predicted octanol–water partition coefficient (Wildman–Crippen LogP) is 1.84. The fraction of sp³-hybridized carbons (Fsp3) is 0.286. The first-order valence-electron chi connectivity index (χ1n) is 9.32. The number of nitrogens with one attached hydrogen (secondary N) is 1. The molecule has 0 spiro atoms. The number of nitrogen functional groups attached to an aromatic ring is 1. The first-order chi connectivity index (χ1) is 14.1. The molecular formula is C21H24N4O4. The molecule has 0 bridgehead atoms. The lowest BCUT2D eigenvalue weighted by Gasteiger charge is -2.15. The van der Waals surface area contributed by atoms with Crippen LogP contribution < -0.4 is 15.8 Å². The van der Waals surface area contributed by atoms with Gasteiger partial charge >= 0.3 is 6.09 Å². The monoisotopic (exact) mass is 396 g/mol. The van der Waals surface area contributed by atoms with Crippen LogP contribution in [0.1, 0.15) is 11.1 Å². The van der Waals surface area contributed by atoms with E-state index in [1.54, 1.807) is 18.2 Å². The molecular weight excluding hydrogens is 372 g/mol. The van der Waals surface area contributed by atoms with Gasteiger partial charge in [0.1, 0.15) is 24.7 Å². The Hall–Kier alpha value is -3.55. The molecule has 1 saturated heterocycles. The highest BCUT2D eigenvalue weighted by atomic mass is 16.6. The molecule has 0 unspecified atom stereocenters. The fourth-order valence-corrected chi connectivity index (χ4v) is 2.93. The van der Waals surface area contributed by atoms with Crippen LogP contribution in [-0.4, -0.2) is 55.9 Å². The predicted molar refractivity (Wildman–Crippen MR) is 110 cm³/mol. The number of cyclic esters (lactones) is 1. The van der Waals surface area contributed by atoms with Gasteiger partial charge in [0.2, 0.25) is 0 Å². The molecule has 2 amide bonds. The van der Waals surface area contributed by atoms with Gasteiger partial charge in [0, 0.05) is 31.4 Å². The van der Waals surface area contributed by atoms with E-state index in [0.29, 0.717) is 43.3 Å². The van der Waals surface area contributed by atoms with Gasteiger partial charge in [-0.3, -0.25) is 9.79 Å². The summed E-state index contributed by atoms with van der Waals surface area (Å²) in [7, 11) is 1.53. The summed E-state index contributed by atoms with van der Waals surface area (Å²) in [5.74, 6) is 0.221. The average Bonchev–Trinajstić information content (AvgIpc) is 3.14. The number of hydrogen-bond acceptors (Lipinski definition) is 6. The Morgan fingerprint density at radius 3 is 2.76 bits per heavy atom. The van der Waals surface area contributed by atoms with Crippen molar-refractivity contribution in [2.24, 2.45) is 4.99 Å². The standard InChI is InChI=1S/C21H24N4O4/c1-23-19(20(26)24-9-10-25-11-12-28-21(25)27)17-13-16(7-8-18(17)22)29-14-15-5-3-2-4-6-15/h2-8,13H,9-12,14,22H2,1H3,(H,24,26). The van der Waals surface area contributed by atoms with Crippen molar-refractivity contribution in [2.75, 3.05) is 39.0 Å². The van der Waals surface area contributed by atoms with E-state index in [-0.39, 0.29) is 24.3 Å². The normalized spacial score (nSPS) is 13.9. The molecule has 2 aromatic rings. The lowest BCUT2D eigenvalue weighted by molar-refractivity contribution is -0.114. The highest BCUT2D eigenvalue weighted by molar-refractivity contribution is 6.46. The van der Waals surface area contributed by atoms with Crippen molar-refractivity contribution in [2.45, 2.75) is 6.61 Å². The second-order valence-corrected chi connectivity index (χ2v) is 6.45. The Morgan fingerprint density at radius 2 is 2.07 bits per heavy atom. The minimum Gasteiger partial charge on any atom is -0.489 e. The van der Waals surface area contributed by atoms with Gasteiger partial charge in [-0.25, -0.2) is 4.79 Å². The van der Waals surface area contributed by atoms with Crippen molar-refractivity contribution in [1.29, 1.82) is 0 Å². The van der Waals surface area contributed by atoms with Gasteiger partial charge in [-0.2, -0.15) is 0 Å². The second-order valence-electron chi connectivity index (χ2n) is 6.45. The third-order valence-corrected chi connectivity index (χ3v) is 4.48. The molecule has 0 saturated carbocycles. The van der Waals surface area contributed by atoms with Gasteiger partial charge in [-0.05, 0) is 23.8 Å². The minimum atomic E-state index is -0.369. The Bertz CT molecular complexity index is 899. The Kier molecular flexibility index (Phi) is 6.67. The molecule has 1 heterocycles. The summed E-state index contributed by atoms with van der Waals surface area (Å²) >= 11 is 0. The first kappa shape index (κ1) is 20.2. The molecule has 0 radical (unpaired) electrons. The average molecular weight is 396 g/mol. The van der Waals surface area contributed by atoms with Gasteiger partial charge in [0.15, 0.2) is 0 Å². The van der Waals surface area contributed by atoms with Crippen molar-refractivity contribution in [3.8, 4) is 5.75 Å². The van der Waals surface area contributed by atoms with Crippen molar-refractivity contribution in [3.63, 3.8) is 0 Å². The first-order valence-corrected chi connectivity index (χ1v) is 9.32. The zero-order valence-corrected chi connectivity index (χ0v) is 16.3. The van der Waals surface area contributed by atoms with E-state index in [9.17, 15) is 9.59 Å². The van der Waals surface area contributed by atoms with E-state index in [0.717, 1.165) is 5.56 Å². The smallest absolute Gasteiger partial charge is 0.409 e. The van der Waals surface area contributed by atoms with E-state index in [4.69, 9.17) is 15.2 Å². The minimum absolute atomic E-state index is 0.205. The molecule has 152 valence electrons. The zero-order chi connectivity index (χ0) is 20.6. The Morgan fingerprint density at radius 1 is 1.28 bits per heavy atom. The van der Waals surface area contributed by atoms with E-state index < -0.39 is 0 Å². The highest BCUT2D eigenvalue weighted by Crippen LogP contribution is 2.22. The van der Waals surface area contributed by atoms with Crippen LogP contribution in [0, 0.1) is 0 Å². The number of amides is 2. The molecule has 1 aliphatic rings. The molecule has 2 aromatic carbocycles. The molecule has 8 heteroatoms. The summed E-state index contributed by atoms with van der Waals surface area (Å²) in [5.41, 5.74) is 8.24. The molecule has 0 atom stereocenters. The Balaban J connectivity index is 1.63. The number of carbonyl (C=O) groups excluding carboxylic acids is 2. The van der Waals surface area contributed by atoms with Crippen LogP contribution in [0.4, 0.5) is 10.5 Å². The van der Waals surface area contributed by atoms with Crippen LogP contribution in [-0.2, 0) is 16.1 Å². The molecule has 3 N–H and O–H groups in total. The maximum absolute atomic E-state index is 12.6. The summed E-state index contributed by atoms with van der Waals surface area (Å²) < 4.78 is 10.7. The molecule has 29 heavy (non-hydrogen) atoms. The largest absolute Gasteiger partial charge is 0.489 e. The number of nitrogens with two attached hydrogens (primary N) is 1.